The van der Waals surface area contributed by atoms with E-state index in [1.54, 1.807) is 0 Å². The summed E-state index contributed by atoms with van der Waals surface area (Å²) in [6.45, 7) is 3.60. The van der Waals surface area contributed by atoms with Crippen molar-refractivity contribution < 1.29 is 23.7 Å². The van der Waals surface area contributed by atoms with Gasteiger partial charge < -0.3 is 5.11 Å². The number of aliphatic hydroxyl groups is 1. The lowest BCUT2D eigenvalue weighted by molar-refractivity contribution is -0.626. The molecule has 0 bridgehead atoms. The van der Waals surface area contributed by atoms with Gasteiger partial charge in [-0.3, -0.25) is 5.01 Å². The first-order valence-corrected chi connectivity index (χ1v) is 6.81. The van der Waals surface area contributed by atoms with E-state index in [-0.39, 0.29) is 17.8 Å². The molecule has 1 aliphatic heterocycles. The monoisotopic (exact) mass is 300 g/mol. The van der Waals surface area contributed by atoms with Crippen molar-refractivity contribution in [2.45, 2.75) is 31.3 Å². The molecule has 0 aromatic heterocycles. The lowest BCUT2D eigenvalue weighted by atomic mass is 9.80. The molecule has 3 rings (SSSR count). The van der Waals surface area contributed by atoms with Crippen molar-refractivity contribution in [3.63, 3.8) is 0 Å². The van der Waals surface area contributed by atoms with Crippen molar-refractivity contribution in [2.24, 2.45) is 0 Å². The minimum atomic E-state index is -2.94. The number of rotatable bonds is 4. The van der Waals surface area contributed by atoms with Gasteiger partial charge in [-0.1, -0.05) is 18.2 Å². The lowest BCUT2D eigenvalue weighted by Gasteiger charge is -2.39. The van der Waals surface area contributed by atoms with Gasteiger partial charge in [0, 0.05) is 11.6 Å². The summed E-state index contributed by atoms with van der Waals surface area (Å²) in [4.78, 5) is 0. The summed E-state index contributed by atoms with van der Waals surface area (Å²) in [5.41, 5.74) is 3.46. The molecule has 0 saturated heterocycles. The van der Waals surface area contributed by atoms with E-state index in [4.69, 9.17) is 0 Å². The number of halogens is 3. The zero-order chi connectivity index (χ0) is 15.2. The van der Waals surface area contributed by atoms with Gasteiger partial charge in [-0.2, -0.15) is 0 Å². The van der Waals surface area contributed by atoms with Crippen LogP contribution in [0.25, 0.3) is 6.08 Å². The Kier molecular flexibility index (Phi) is 3.43. The fraction of sp³-hybridized carbons (Fsp3) is 0.429. The quantitative estimate of drug-likeness (QED) is 0.586. The van der Waals surface area contributed by atoms with Gasteiger partial charge in [-0.25, -0.2) is 18.6 Å². The minimum Gasteiger partial charge on any atom is -0.388 e. The molecular weight excluding hydrogens is 283 g/mol. The maximum absolute atomic E-state index is 14.2. The largest absolute Gasteiger partial charge is 0.388 e. The Balaban J connectivity index is 2.03. The number of nitrogens with one attached hydrogen (secondary N) is 1. The molecule has 114 valence electrons. The molecule has 0 atom stereocenters. The highest BCUT2D eigenvalue weighted by atomic mass is 19.3. The maximum atomic E-state index is 14.2. The smallest absolute Gasteiger partial charge is 0.268 e. The normalized spacial score (nSPS) is 19.6. The number of hydrogen-bond acceptors (Lipinski definition) is 3. The van der Waals surface area contributed by atoms with E-state index < -0.39 is 23.4 Å². The molecule has 0 radical (unpaired) electrons. The van der Waals surface area contributed by atoms with Crippen LogP contribution in [0.15, 0.2) is 12.6 Å². The summed E-state index contributed by atoms with van der Waals surface area (Å²) in [7, 11) is 0. The average molecular weight is 300 g/mol. The van der Waals surface area contributed by atoms with E-state index in [1.165, 1.54) is 22.6 Å². The topological polar surface area (TPSA) is 52.1 Å². The molecule has 4 nitrogen and oxygen atoms in total. The number of anilines is 1. The van der Waals surface area contributed by atoms with Crippen molar-refractivity contribution in [2.75, 3.05) is 11.6 Å². The Morgan fingerprint density at radius 2 is 2.24 bits per heavy atom. The predicted octanol–water partition coefficient (Wildman–Crippen LogP) is 1.76. The van der Waals surface area contributed by atoms with E-state index in [1.807, 2.05) is 0 Å². The standard InChI is InChI=1S/C14H16F3N3O/c1-2-8-6-9-12(10(11(8)15)13(16)17)20(19-18-9)7-14(21)4-3-5-14/h2,6,13,18-19,21H,1,3-5,7H2/p+1. The number of nitrogens with two attached hydrogens (primary N) is 1. The molecule has 0 unspecified atom stereocenters. The van der Waals surface area contributed by atoms with Gasteiger partial charge in [0.15, 0.2) is 5.69 Å². The van der Waals surface area contributed by atoms with E-state index >= 15 is 0 Å². The fourth-order valence-electron chi connectivity index (χ4n) is 2.85. The second-order valence-electron chi connectivity index (χ2n) is 5.57. The van der Waals surface area contributed by atoms with Gasteiger partial charge in [0.2, 0.25) is 0 Å². The molecule has 1 saturated carbocycles. The highest BCUT2D eigenvalue weighted by Gasteiger charge is 2.41. The SMILES string of the molecule is C=Cc1cc2c(c(C(F)F)c1F)N(CC1(O)CCC1)N[NH2+]2. The molecule has 1 aliphatic carbocycles. The van der Waals surface area contributed by atoms with Crippen LogP contribution >= 0.6 is 0 Å². The molecule has 4 N–H and O–H groups in total. The summed E-state index contributed by atoms with van der Waals surface area (Å²) in [5.74, 6) is -0.957. The zero-order valence-electron chi connectivity index (χ0n) is 11.4. The Labute approximate surface area is 120 Å². The number of fused-ring (bicyclic) bond motifs is 1. The van der Waals surface area contributed by atoms with Crippen LogP contribution in [-0.2, 0) is 0 Å². The van der Waals surface area contributed by atoms with Crippen LogP contribution < -0.4 is 16.0 Å². The third-order valence-electron chi connectivity index (χ3n) is 4.15. The zero-order valence-corrected chi connectivity index (χ0v) is 11.4. The van der Waals surface area contributed by atoms with Gasteiger partial charge in [-0.05, 0) is 19.3 Å². The average Bonchev–Trinajstić information content (AvgIpc) is 2.78. The second kappa shape index (κ2) is 5.01. The number of alkyl halides is 2. The molecule has 7 heteroatoms. The Morgan fingerprint density at radius 3 is 2.76 bits per heavy atom. The van der Waals surface area contributed by atoms with Crippen LogP contribution in [0.4, 0.5) is 24.5 Å². The van der Waals surface area contributed by atoms with E-state index in [2.05, 4.69) is 12.1 Å². The van der Waals surface area contributed by atoms with Gasteiger partial charge in [-0.15, -0.1) is 0 Å². The van der Waals surface area contributed by atoms with Crippen molar-refractivity contribution in [1.82, 2.24) is 5.53 Å². The van der Waals surface area contributed by atoms with E-state index in [0.29, 0.717) is 18.5 Å². The predicted molar refractivity (Wildman–Crippen MR) is 72.3 cm³/mol. The highest BCUT2D eigenvalue weighted by Crippen LogP contribution is 2.41. The first-order chi connectivity index (χ1) is 9.95. The molecule has 0 spiro atoms. The molecule has 2 aliphatic rings. The van der Waals surface area contributed by atoms with Crippen LogP contribution in [-0.4, -0.2) is 17.3 Å². The summed E-state index contributed by atoms with van der Waals surface area (Å²) >= 11 is 0. The summed E-state index contributed by atoms with van der Waals surface area (Å²) in [6.07, 6.45) is 0.435. The molecule has 1 aromatic rings. The number of quaternary nitrogens is 1. The first kappa shape index (κ1) is 14.4. The summed E-state index contributed by atoms with van der Waals surface area (Å²) in [5, 5.41) is 11.6. The Hall–Kier alpha value is -1.57. The van der Waals surface area contributed by atoms with Gasteiger partial charge in [0.05, 0.1) is 17.7 Å². The second-order valence-corrected chi connectivity index (χ2v) is 5.57. The van der Waals surface area contributed by atoms with Gasteiger partial charge in [0.1, 0.15) is 11.5 Å². The first-order valence-electron chi connectivity index (χ1n) is 6.81. The van der Waals surface area contributed by atoms with Crippen LogP contribution in [0.3, 0.4) is 0 Å². The molecule has 21 heavy (non-hydrogen) atoms. The Bertz CT molecular complexity index is 587. The molecule has 1 fully saturated rings. The van der Waals surface area contributed by atoms with Crippen LogP contribution in [0.1, 0.15) is 36.8 Å². The van der Waals surface area contributed by atoms with Crippen LogP contribution in [0, 0.1) is 5.82 Å². The van der Waals surface area contributed by atoms with Crippen molar-refractivity contribution in [3.8, 4) is 0 Å². The highest BCUT2D eigenvalue weighted by molar-refractivity contribution is 5.73. The van der Waals surface area contributed by atoms with Crippen molar-refractivity contribution in [3.05, 3.63) is 29.6 Å². The minimum absolute atomic E-state index is 0.0475. The van der Waals surface area contributed by atoms with Crippen molar-refractivity contribution >= 4 is 17.5 Å². The summed E-state index contributed by atoms with van der Waals surface area (Å²) in [6, 6.07) is 1.47. The molecule has 0 amide bonds. The number of β-amino-alcohol motifs (C(OH)–C–C–N with tert-alkyl or cyclic N) is 1. The maximum Gasteiger partial charge on any atom is 0.268 e. The summed E-state index contributed by atoms with van der Waals surface area (Å²) < 4.78 is 40.8. The molecule has 1 aromatic carbocycles. The molecular formula is C14H17F3N3O+. The Morgan fingerprint density at radius 1 is 1.52 bits per heavy atom. The lowest BCUT2D eigenvalue weighted by Crippen LogP contribution is -2.88. The number of benzene rings is 1. The van der Waals surface area contributed by atoms with Gasteiger partial charge in [0.25, 0.3) is 6.43 Å². The van der Waals surface area contributed by atoms with Crippen LogP contribution in [0.2, 0.25) is 0 Å². The molecule has 1 heterocycles. The number of hydrazine groups is 1. The fourth-order valence-corrected chi connectivity index (χ4v) is 2.85. The number of nitrogens with zero attached hydrogens (tertiary/aromatic N) is 1. The third kappa shape index (κ3) is 2.31. The third-order valence-corrected chi connectivity index (χ3v) is 4.15. The van der Waals surface area contributed by atoms with Gasteiger partial charge >= 0.3 is 0 Å². The van der Waals surface area contributed by atoms with E-state index in [0.717, 1.165) is 6.42 Å². The number of hydrogen-bond donors (Lipinski definition) is 3. The van der Waals surface area contributed by atoms with Crippen molar-refractivity contribution in [1.29, 1.82) is 0 Å². The van der Waals surface area contributed by atoms with E-state index in [9.17, 15) is 18.3 Å². The van der Waals surface area contributed by atoms with Crippen LogP contribution in [0.5, 0.6) is 0 Å².